The molecule has 0 bridgehead atoms. The number of nitrogens with two attached hydrogens (primary N) is 1. The monoisotopic (exact) mass is 367 g/mol. The molecular formula is C23H17N3O2. The quantitative estimate of drug-likeness (QED) is 0.505. The minimum absolute atomic E-state index is 0.430. The van der Waals surface area contributed by atoms with E-state index in [4.69, 9.17) is 10.2 Å². The van der Waals surface area contributed by atoms with E-state index in [0.29, 0.717) is 12.1 Å². The minimum Gasteiger partial charge on any atom is -0.464 e. The van der Waals surface area contributed by atoms with Crippen LogP contribution in [0.5, 0.6) is 0 Å². The number of rotatable bonds is 4. The molecule has 0 unspecified atom stereocenters. The number of primary amides is 1. The summed E-state index contributed by atoms with van der Waals surface area (Å²) in [4.78, 5) is 16.3. The highest BCUT2D eigenvalue weighted by Crippen LogP contribution is 2.35. The molecule has 0 aliphatic rings. The van der Waals surface area contributed by atoms with Gasteiger partial charge in [0.15, 0.2) is 0 Å². The van der Waals surface area contributed by atoms with Gasteiger partial charge in [-0.2, -0.15) is 0 Å². The predicted molar refractivity (Wildman–Crippen MR) is 109 cm³/mol. The second kappa shape index (κ2) is 6.39. The van der Waals surface area contributed by atoms with Crippen molar-refractivity contribution in [3.8, 4) is 11.3 Å². The summed E-state index contributed by atoms with van der Waals surface area (Å²) in [6.45, 7) is 0.637. The van der Waals surface area contributed by atoms with Gasteiger partial charge in [0.25, 0.3) is 0 Å². The molecule has 0 spiro atoms. The zero-order valence-electron chi connectivity index (χ0n) is 15.0. The van der Waals surface area contributed by atoms with Crippen molar-refractivity contribution in [1.29, 1.82) is 0 Å². The smallest absolute Gasteiger partial charge is 0.249 e. The van der Waals surface area contributed by atoms with Crippen LogP contribution in [0.3, 0.4) is 0 Å². The Bertz CT molecular complexity index is 1300. The maximum absolute atomic E-state index is 12.1. The third-order valence-corrected chi connectivity index (χ3v) is 5.03. The fourth-order valence-electron chi connectivity index (χ4n) is 3.79. The van der Waals surface area contributed by atoms with Gasteiger partial charge in [0, 0.05) is 40.8 Å². The van der Waals surface area contributed by atoms with Crippen molar-refractivity contribution in [3.63, 3.8) is 0 Å². The first kappa shape index (κ1) is 16.3. The van der Waals surface area contributed by atoms with Gasteiger partial charge in [0.2, 0.25) is 5.91 Å². The van der Waals surface area contributed by atoms with Crippen molar-refractivity contribution in [2.24, 2.45) is 5.73 Å². The Morgan fingerprint density at radius 2 is 1.96 bits per heavy atom. The van der Waals surface area contributed by atoms with Gasteiger partial charge in [0.05, 0.1) is 17.3 Å². The number of carbonyl (C=O) groups is 1. The maximum atomic E-state index is 12.1. The summed E-state index contributed by atoms with van der Waals surface area (Å²) in [5.41, 5.74) is 10.2. The Hall–Kier alpha value is -3.86. The molecule has 5 aromatic rings. The Kier molecular flexibility index (Phi) is 3.72. The average Bonchev–Trinajstić information content (AvgIpc) is 3.36. The van der Waals surface area contributed by atoms with Crippen LogP contribution in [0.15, 0.2) is 83.7 Å². The molecule has 3 aromatic heterocycles. The van der Waals surface area contributed by atoms with E-state index in [1.165, 1.54) is 0 Å². The van der Waals surface area contributed by atoms with Crippen LogP contribution in [0, 0.1) is 0 Å². The number of pyridine rings is 1. The van der Waals surface area contributed by atoms with Crippen molar-refractivity contribution in [3.05, 3.63) is 90.4 Å². The van der Waals surface area contributed by atoms with Gasteiger partial charge < -0.3 is 14.7 Å². The standard InChI is InChI=1S/C23H17N3O2/c24-23(27)18-5-1-6-19-22(18)17-9-8-16(21-7-3-11-28-21)12-20(17)26(19)14-15-4-2-10-25-13-15/h1-13H,14H2,(H2,24,27). The van der Waals surface area contributed by atoms with Crippen molar-refractivity contribution in [1.82, 2.24) is 9.55 Å². The molecule has 5 heteroatoms. The highest BCUT2D eigenvalue weighted by atomic mass is 16.3. The molecule has 2 aromatic carbocycles. The third kappa shape index (κ3) is 2.56. The Morgan fingerprint density at radius 3 is 2.71 bits per heavy atom. The molecule has 1 amide bonds. The summed E-state index contributed by atoms with van der Waals surface area (Å²) in [7, 11) is 0. The van der Waals surface area contributed by atoms with Crippen LogP contribution in [0.1, 0.15) is 15.9 Å². The van der Waals surface area contributed by atoms with Gasteiger partial charge in [-0.25, -0.2) is 0 Å². The molecule has 0 saturated carbocycles. The van der Waals surface area contributed by atoms with Gasteiger partial charge in [-0.15, -0.1) is 0 Å². The van der Waals surface area contributed by atoms with E-state index in [1.54, 1.807) is 18.5 Å². The van der Waals surface area contributed by atoms with E-state index in [9.17, 15) is 4.79 Å². The molecule has 5 rings (SSSR count). The zero-order chi connectivity index (χ0) is 19.1. The lowest BCUT2D eigenvalue weighted by Crippen LogP contribution is -2.11. The van der Waals surface area contributed by atoms with Crippen LogP contribution in [-0.4, -0.2) is 15.5 Å². The lowest BCUT2D eigenvalue weighted by molar-refractivity contribution is 0.100. The molecule has 5 nitrogen and oxygen atoms in total. The fourth-order valence-corrected chi connectivity index (χ4v) is 3.79. The molecule has 28 heavy (non-hydrogen) atoms. The first-order chi connectivity index (χ1) is 13.7. The average molecular weight is 367 g/mol. The third-order valence-electron chi connectivity index (χ3n) is 5.03. The number of furan rings is 1. The first-order valence-corrected chi connectivity index (χ1v) is 9.00. The molecule has 3 heterocycles. The SMILES string of the molecule is NC(=O)c1cccc2c1c1ccc(-c3ccco3)cc1n2Cc1cccnc1. The lowest BCUT2D eigenvalue weighted by Gasteiger charge is -2.08. The van der Waals surface area contributed by atoms with E-state index < -0.39 is 5.91 Å². The number of hydrogen-bond donors (Lipinski definition) is 1. The number of benzene rings is 2. The van der Waals surface area contributed by atoms with Crippen LogP contribution in [-0.2, 0) is 6.54 Å². The topological polar surface area (TPSA) is 74.1 Å². The minimum atomic E-state index is -0.430. The van der Waals surface area contributed by atoms with Crippen molar-refractivity contribution < 1.29 is 9.21 Å². The summed E-state index contributed by atoms with van der Waals surface area (Å²) >= 11 is 0. The number of amides is 1. The highest BCUT2D eigenvalue weighted by molar-refractivity contribution is 6.18. The van der Waals surface area contributed by atoms with E-state index >= 15 is 0 Å². The second-order valence-electron chi connectivity index (χ2n) is 6.72. The summed E-state index contributed by atoms with van der Waals surface area (Å²) in [6.07, 6.45) is 5.28. The van der Waals surface area contributed by atoms with Crippen LogP contribution >= 0.6 is 0 Å². The summed E-state index contributed by atoms with van der Waals surface area (Å²) in [6, 6.07) is 19.6. The summed E-state index contributed by atoms with van der Waals surface area (Å²) in [5.74, 6) is 0.372. The van der Waals surface area contributed by atoms with Gasteiger partial charge in [-0.1, -0.05) is 24.3 Å². The Balaban J connectivity index is 1.83. The van der Waals surface area contributed by atoms with E-state index in [2.05, 4.69) is 15.6 Å². The molecule has 0 aliphatic heterocycles. The van der Waals surface area contributed by atoms with Gasteiger partial charge in [-0.3, -0.25) is 9.78 Å². The number of hydrogen-bond acceptors (Lipinski definition) is 3. The first-order valence-electron chi connectivity index (χ1n) is 9.00. The number of aromatic nitrogens is 2. The number of carbonyl (C=O) groups excluding carboxylic acids is 1. The Morgan fingerprint density at radius 1 is 1.04 bits per heavy atom. The van der Waals surface area contributed by atoms with E-state index in [1.807, 2.05) is 54.7 Å². The van der Waals surface area contributed by atoms with Gasteiger partial charge >= 0.3 is 0 Å². The molecule has 136 valence electrons. The van der Waals surface area contributed by atoms with E-state index in [-0.39, 0.29) is 0 Å². The Labute approximate surface area is 161 Å². The zero-order valence-corrected chi connectivity index (χ0v) is 15.0. The van der Waals surface area contributed by atoms with Gasteiger partial charge in [0.1, 0.15) is 5.76 Å². The summed E-state index contributed by atoms with van der Waals surface area (Å²) in [5, 5.41) is 1.86. The van der Waals surface area contributed by atoms with Crippen LogP contribution in [0.2, 0.25) is 0 Å². The fraction of sp³-hybridized carbons (Fsp3) is 0.0435. The molecule has 0 fully saturated rings. The maximum Gasteiger partial charge on any atom is 0.249 e. The second-order valence-corrected chi connectivity index (χ2v) is 6.72. The normalized spacial score (nSPS) is 11.3. The van der Waals surface area contributed by atoms with Crippen molar-refractivity contribution in [2.75, 3.05) is 0 Å². The predicted octanol–water partition coefficient (Wildman–Crippen LogP) is 4.60. The molecule has 0 atom stereocenters. The molecular weight excluding hydrogens is 350 g/mol. The molecule has 0 radical (unpaired) electrons. The lowest BCUT2D eigenvalue weighted by atomic mass is 10.0. The van der Waals surface area contributed by atoms with Crippen molar-refractivity contribution in [2.45, 2.75) is 6.54 Å². The van der Waals surface area contributed by atoms with E-state index in [0.717, 1.165) is 38.7 Å². The highest BCUT2D eigenvalue weighted by Gasteiger charge is 2.17. The van der Waals surface area contributed by atoms with Crippen molar-refractivity contribution >= 4 is 27.7 Å². The van der Waals surface area contributed by atoms with Crippen LogP contribution in [0.25, 0.3) is 33.1 Å². The van der Waals surface area contributed by atoms with Gasteiger partial charge in [-0.05, 0) is 42.0 Å². The largest absolute Gasteiger partial charge is 0.464 e. The molecule has 2 N–H and O–H groups in total. The number of nitrogens with zero attached hydrogens (tertiary/aromatic N) is 2. The van der Waals surface area contributed by atoms with Crippen LogP contribution < -0.4 is 5.73 Å². The number of fused-ring (bicyclic) bond motifs is 3. The van der Waals surface area contributed by atoms with Crippen LogP contribution in [0.4, 0.5) is 0 Å². The summed E-state index contributed by atoms with van der Waals surface area (Å²) < 4.78 is 7.76. The molecule has 0 saturated heterocycles. The molecule has 0 aliphatic carbocycles.